The Morgan fingerprint density at radius 1 is 0.456 bits per heavy atom. The zero-order valence-electron chi connectivity index (χ0n) is 37.0. The number of nitrogens with zero attached hydrogens (tertiary/aromatic N) is 2. The van der Waals surface area contributed by atoms with Crippen molar-refractivity contribution in [2.45, 2.75) is 19.8 Å². The highest BCUT2D eigenvalue weighted by Gasteiger charge is 2.14. The van der Waals surface area contributed by atoms with E-state index in [0.717, 1.165) is 61.4 Å². The number of H-pyrrole nitrogens is 2. The number of nitrogens with one attached hydrogen (secondary N) is 4. The van der Waals surface area contributed by atoms with Crippen molar-refractivity contribution in [3.8, 4) is 22.8 Å². The highest BCUT2D eigenvalue weighted by molar-refractivity contribution is 6.05. The number of aromatic amines is 2. The lowest BCUT2D eigenvalue weighted by molar-refractivity contribution is 0.0985. The molecule has 0 bridgehead atoms. The van der Waals surface area contributed by atoms with E-state index >= 15 is 0 Å². The maximum atomic E-state index is 12.6. The molecule has 0 radical (unpaired) electrons. The number of amides is 2. The number of hydrogen-bond acceptors (Lipinski definition) is 7. The number of Topliss-reactive ketones (excluding diaryl/α,β-unsaturated/α-hetero) is 2. The van der Waals surface area contributed by atoms with E-state index in [1.807, 2.05) is 165 Å². The normalized spacial score (nSPS) is 10.8. The number of imidazole rings is 2. The average molecular weight is 892 g/mol. The number of nitrogens with two attached hydrogens (primary N) is 1. The number of ketones is 2. The minimum atomic E-state index is -0.162. The van der Waals surface area contributed by atoms with Crippen molar-refractivity contribution in [3.05, 3.63) is 233 Å². The average Bonchev–Trinajstić information content (AvgIpc) is 4.00. The molecule has 6 N–H and O–H groups in total. The summed E-state index contributed by atoms with van der Waals surface area (Å²) in [5, 5.41) is 5.80. The third kappa shape index (κ3) is 10.7. The fourth-order valence-electron chi connectivity index (χ4n) is 7.60. The number of aryl methyl sites for hydroxylation is 1. The maximum absolute atomic E-state index is 12.6. The van der Waals surface area contributed by atoms with E-state index in [0.29, 0.717) is 52.3 Å². The number of carbonyl (C=O) groups is 4. The van der Waals surface area contributed by atoms with E-state index in [4.69, 9.17) is 5.73 Å². The van der Waals surface area contributed by atoms with Crippen LogP contribution in [-0.4, -0.2) is 43.3 Å². The molecule has 0 aliphatic carbocycles. The molecule has 68 heavy (non-hydrogen) atoms. The third-order valence-corrected chi connectivity index (χ3v) is 11.3. The fraction of sp³-hybridized carbons (Fsp3) is 0.0526. The lowest BCUT2D eigenvalue weighted by Crippen LogP contribution is -2.11. The molecule has 11 nitrogen and oxygen atoms in total. The summed E-state index contributed by atoms with van der Waals surface area (Å²) in [6, 6.07) is 59.5. The molecule has 11 heteroatoms. The highest BCUT2D eigenvalue weighted by Crippen LogP contribution is 2.26. The molecule has 0 saturated carbocycles. The number of benzene rings is 8. The molecule has 8 aromatic carbocycles. The number of hydrogen-bond donors (Lipinski definition) is 5. The van der Waals surface area contributed by atoms with Crippen molar-refractivity contribution >= 4 is 62.5 Å². The molecule has 2 aromatic heterocycles. The quantitative estimate of drug-likeness (QED) is 0.0599. The SMILES string of the molecule is Cc1ccc(C(=O)Nc2ccc(-c3nc4ccc(CC(=O)c5ccc(N)cc5)cc4[nH]3)cc2)cc1.O=C(Cc1ccc2nc(-c3ccc(C(=O)Nc4ccccc4)cc3)[nH]c2c1)c1ccccc1. The molecule has 0 unspecified atom stereocenters. The summed E-state index contributed by atoms with van der Waals surface area (Å²) in [7, 11) is 0. The van der Waals surface area contributed by atoms with Gasteiger partial charge in [0.05, 0.1) is 22.1 Å². The minimum Gasteiger partial charge on any atom is -0.399 e. The Morgan fingerprint density at radius 3 is 1.37 bits per heavy atom. The van der Waals surface area contributed by atoms with Gasteiger partial charge in [0.2, 0.25) is 0 Å². The van der Waals surface area contributed by atoms with Gasteiger partial charge in [-0.2, -0.15) is 0 Å². The number of nitrogen functional groups attached to an aromatic ring is 1. The molecule has 0 aliphatic rings. The van der Waals surface area contributed by atoms with E-state index in [9.17, 15) is 19.2 Å². The number of carbonyl (C=O) groups excluding carboxylic acids is 4. The second-order valence-corrected chi connectivity index (χ2v) is 16.4. The first-order valence-electron chi connectivity index (χ1n) is 22.0. The van der Waals surface area contributed by atoms with E-state index in [2.05, 4.69) is 30.6 Å². The lowest BCUT2D eigenvalue weighted by atomic mass is 10.0. The predicted molar refractivity (Wildman–Crippen MR) is 270 cm³/mol. The second kappa shape index (κ2) is 19.9. The van der Waals surface area contributed by atoms with Gasteiger partial charge in [0.1, 0.15) is 11.6 Å². The fourth-order valence-corrected chi connectivity index (χ4v) is 7.60. The molecule has 2 heterocycles. The van der Waals surface area contributed by atoms with Crippen molar-refractivity contribution in [2.75, 3.05) is 16.4 Å². The molecule has 2 amide bonds. The van der Waals surface area contributed by atoms with Crippen molar-refractivity contribution in [1.29, 1.82) is 0 Å². The van der Waals surface area contributed by atoms with E-state index in [1.165, 1.54) is 0 Å². The van der Waals surface area contributed by atoms with Gasteiger partial charge in [-0.3, -0.25) is 19.2 Å². The Kier molecular flexibility index (Phi) is 12.9. The monoisotopic (exact) mass is 891 g/mol. The van der Waals surface area contributed by atoms with Gasteiger partial charge in [0.15, 0.2) is 11.6 Å². The van der Waals surface area contributed by atoms with Crippen LogP contribution >= 0.6 is 0 Å². The Balaban J connectivity index is 0.000000170. The van der Waals surface area contributed by atoms with Crippen LogP contribution in [0.4, 0.5) is 17.1 Å². The van der Waals surface area contributed by atoms with Crippen LogP contribution < -0.4 is 16.4 Å². The summed E-state index contributed by atoms with van der Waals surface area (Å²) in [5.74, 6) is 1.24. The molecule has 332 valence electrons. The Hall–Kier alpha value is -9.22. The van der Waals surface area contributed by atoms with Crippen LogP contribution in [0.15, 0.2) is 194 Å². The Morgan fingerprint density at radius 2 is 0.868 bits per heavy atom. The first-order chi connectivity index (χ1) is 33.1. The van der Waals surface area contributed by atoms with Gasteiger partial charge in [-0.15, -0.1) is 0 Å². The van der Waals surface area contributed by atoms with Gasteiger partial charge in [0.25, 0.3) is 11.8 Å². The van der Waals surface area contributed by atoms with Crippen molar-refractivity contribution < 1.29 is 19.2 Å². The molecule has 10 rings (SSSR count). The molecule has 0 spiro atoms. The van der Waals surface area contributed by atoms with Crippen LogP contribution in [0.3, 0.4) is 0 Å². The summed E-state index contributed by atoms with van der Waals surface area (Å²) in [4.78, 5) is 66.1. The van der Waals surface area contributed by atoms with Gasteiger partial charge in [-0.05, 0) is 127 Å². The van der Waals surface area contributed by atoms with Crippen LogP contribution in [0, 0.1) is 6.92 Å². The molecular weight excluding hydrogens is 847 g/mol. The van der Waals surface area contributed by atoms with Gasteiger partial charge in [-0.25, -0.2) is 9.97 Å². The summed E-state index contributed by atoms with van der Waals surface area (Å²) < 4.78 is 0. The molecule has 0 aliphatic heterocycles. The zero-order valence-corrected chi connectivity index (χ0v) is 37.0. The lowest BCUT2D eigenvalue weighted by Gasteiger charge is -2.06. The Labute approximate surface area is 392 Å². The Bertz CT molecular complexity index is 3400. The van der Waals surface area contributed by atoms with Gasteiger partial charge >= 0.3 is 0 Å². The second-order valence-electron chi connectivity index (χ2n) is 16.4. The summed E-state index contributed by atoms with van der Waals surface area (Å²) in [6.45, 7) is 1.99. The number of para-hydroxylation sites is 1. The predicted octanol–water partition coefficient (Wildman–Crippen LogP) is 11.7. The first-order valence-corrected chi connectivity index (χ1v) is 22.0. The van der Waals surface area contributed by atoms with Gasteiger partial charge < -0.3 is 26.3 Å². The summed E-state index contributed by atoms with van der Waals surface area (Å²) in [5.41, 5.74) is 18.4. The van der Waals surface area contributed by atoms with E-state index < -0.39 is 0 Å². The molecule has 0 fully saturated rings. The summed E-state index contributed by atoms with van der Waals surface area (Å²) >= 11 is 0. The van der Waals surface area contributed by atoms with Gasteiger partial charge in [0, 0.05) is 63.3 Å². The van der Waals surface area contributed by atoms with Crippen LogP contribution in [0.5, 0.6) is 0 Å². The van der Waals surface area contributed by atoms with E-state index in [1.54, 1.807) is 36.4 Å². The number of anilines is 3. The number of aromatic nitrogens is 4. The van der Waals surface area contributed by atoms with Crippen LogP contribution in [0.2, 0.25) is 0 Å². The summed E-state index contributed by atoms with van der Waals surface area (Å²) in [6.07, 6.45) is 0.628. The molecule has 0 saturated heterocycles. The van der Waals surface area contributed by atoms with Gasteiger partial charge in [-0.1, -0.05) is 90.5 Å². The largest absolute Gasteiger partial charge is 0.399 e. The van der Waals surface area contributed by atoms with Crippen molar-refractivity contribution in [1.82, 2.24) is 19.9 Å². The topological polar surface area (TPSA) is 176 Å². The number of fused-ring (bicyclic) bond motifs is 2. The third-order valence-electron chi connectivity index (χ3n) is 11.3. The zero-order chi connectivity index (χ0) is 47.0. The highest BCUT2D eigenvalue weighted by atomic mass is 16.2. The van der Waals surface area contributed by atoms with Crippen LogP contribution in [0.25, 0.3) is 44.8 Å². The maximum Gasteiger partial charge on any atom is 0.255 e. The van der Waals surface area contributed by atoms with Crippen molar-refractivity contribution in [3.63, 3.8) is 0 Å². The van der Waals surface area contributed by atoms with Crippen LogP contribution in [-0.2, 0) is 12.8 Å². The van der Waals surface area contributed by atoms with E-state index in [-0.39, 0.29) is 23.4 Å². The minimum absolute atomic E-state index is 0.0346. The first kappa shape index (κ1) is 44.0. The van der Waals surface area contributed by atoms with Crippen molar-refractivity contribution in [2.24, 2.45) is 0 Å². The van der Waals surface area contributed by atoms with Crippen LogP contribution in [0.1, 0.15) is 58.1 Å². The number of rotatable bonds is 12. The molecule has 0 atom stereocenters. The standard InChI is InChI=1S/C29H24N4O2.C28H21N3O2/c1-18-2-5-22(6-3-18)29(35)31-24-13-9-21(10-14-24)28-32-25-15-4-19(16-26(25)33-28)17-27(34)20-7-11-23(30)12-8-20;32-26(20-7-3-1-4-8-20)18-19-11-16-24-25(17-19)31-27(30-24)21-12-14-22(15-13-21)28(33)29-23-9-5-2-6-10-23/h2-16H,17,30H2,1H3,(H,31,35)(H,32,33);1-17H,18H2,(H,29,33)(H,30,31). The molecule has 10 aromatic rings. The molecular formula is C57H45N7O4. The smallest absolute Gasteiger partial charge is 0.255 e.